The highest BCUT2D eigenvalue weighted by Crippen LogP contribution is 2.29. The van der Waals surface area contributed by atoms with Crippen molar-refractivity contribution in [3.8, 4) is 0 Å². The molecule has 2 rings (SSSR count). The van der Waals surface area contributed by atoms with E-state index in [4.69, 9.17) is 0 Å². The van der Waals surface area contributed by atoms with Crippen LogP contribution in [0.15, 0.2) is 20.1 Å². The van der Waals surface area contributed by atoms with Gasteiger partial charge in [0.1, 0.15) is 4.21 Å². The van der Waals surface area contributed by atoms with E-state index in [1.165, 1.54) is 11.3 Å². The van der Waals surface area contributed by atoms with Crippen molar-refractivity contribution in [3.05, 3.63) is 15.9 Å². The molecule has 1 aliphatic heterocycles. The lowest BCUT2D eigenvalue weighted by Crippen LogP contribution is -2.58. The van der Waals surface area contributed by atoms with Crippen molar-refractivity contribution in [2.24, 2.45) is 0 Å². The van der Waals surface area contributed by atoms with Crippen LogP contribution in [0.1, 0.15) is 6.92 Å². The lowest BCUT2D eigenvalue weighted by Gasteiger charge is -2.36. The van der Waals surface area contributed by atoms with E-state index in [-0.39, 0.29) is 6.04 Å². The minimum absolute atomic E-state index is 0.107. The molecule has 0 spiro atoms. The van der Waals surface area contributed by atoms with Gasteiger partial charge in [-0.05, 0) is 28.1 Å². The zero-order chi connectivity index (χ0) is 11.8. The first-order valence-corrected chi connectivity index (χ1v) is 8.08. The predicted octanol–water partition coefficient (Wildman–Crippen LogP) is 1.49. The Morgan fingerprint density at radius 3 is 2.62 bits per heavy atom. The van der Waals surface area contributed by atoms with Crippen LogP contribution in [-0.4, -0.2) is 38.4 Å². The summed E-state index contributed by atoms with van der Waals surface area (Å²) in [5.74, 6) is 0. The van der Waals surface area contributed by atoms with Gasteiger partial charge in [-0.1, -0.05) is 6.92 Å². The van der Waals surface area contributed by atoms with Crippen molar-refractivity contribution < 1.29 is 8.42 Å². The summed E-state index contributed by atoms with van der Waals surface area (Å²) in [7, 11) is -3.31. The maximum absolute atomic E-state index is 12.3. The van der Waals surface area contributed by atoms with Gasteiger partial charge in [-0.25, -0.2) is 8.42 Å². The molecule has 1 aromatic heterocycles. The molecule has 2 heterocycles. The second kappa shape index (κ2) is 4.73. The molecule has 1 aromatic rings. The zero-order valence-corrected chi connectivity index (χ0v) is 12.0. The highest BCUT2D eigenvalue weighted by molar-refractivity contribution is 9.11. The van der Waals surface area contributed by atoms with Gasteiger partial charge in [-0.2, -0.15) is 4.31 Å². The summed E-state index contributed by atoms with van der Waals surface area (Å²) in [6.45, 7) is 3.89. The summed E-state index contributed by atoms with van der Waals surface area (Å²) in [4.78, 5) is 0. The Morgan fingerprint density at radius 1 is 1.56 bits per heavy atom. The topological polar surface area (TPSA) is 49.4 Å². The van der Waals surface area contributed by atoms with Crippen LogP contribution in [0.25, 0.3) is 0 Å². The second-order valence-electron chi connectivity index (χ2n) is 3.58. The Balaban J connectivity index is 2.29. The summed E-state index contributed by atoms with van der Waals surface area (Å²) < 4.78 is 27.4. The van der Waals surface area contributed by atoms with Crippen molar-refractivity contribution in [2.45, 2.75) is 17.2 Å². The number of rotatable bonds is 4. The van der Waals surface area contributed by atoms with E-state index in [1.807, 2.05) is 6.92 Å². The van der Waals surface area contributed by atoms with Crippen LogP contribution in [0.4, 0.5) is 0 Å². The van der Waals surface area contributed by atoms with Crippen LogP contribution >= 0.6 is 27.3 Å². The van der Waals surface area contributed by atoms with Crippen molar-refractivity contribution in [1.29, 1.82) is 0 Å². The molecule has 0 amide bonds. The normalized spacial score (nSPS) is 17.7. The van der Waals surface area contributed by atoms with Crippen LogP contribution in [0.2, 0.25) is 0 Å². The fraction of sp³-hybridized carbons (Fsp3) is 0.556. The largest absolute Gasteiger partial charge is 0.313 e. The number of hydrogen-bond acceptors (Lipinski definition) is 4. The first-order chi connectivity index (χ1) is 7.55. The van der Waals surface area contributed by atoms with Crippen LogP contribution in [-0.2, 0) is 10.0 Å². The zero-order valence-electron chi connectivity index (χ0n) is 8.81. The van der Waals surface area contributed by atoms with Gasteiger partial charge in [0, 0.05) is 19.6 Å². The molecule has 0 aromatic carbocycles. The van der Waals surface area contributed by atoms with Crippen LogP contribution in [0, 0.1) is 0 Å². The third-order valence-corrected chi connectivity index (χ3v) is 6.71. The van der Waals surface area contributed by atoms with Gasteiger partial charge in [0.2, 0.25) is 0 Å². The molecule has 1 aliphatic rings. The minimum Gasteiger partial charge on any atom is -0.313 e. The molecule has 0 atom stereocenters. The van der Waals surface area contributed by atoms with Gasteiger partial charge in [0.05, 0.1) is 9.83 Å². The molecular formula is C9H13BrN2O2S2. The van der Waals surface area contributed by atoms with E-state index < -0.39 is 10.0 Å². The molecule has 16 heavy (non-hydrogen) atoms. The first-order valence-electron chi connectivity index (χ1n) is 5.03. The predicted molar refractivity (Wildman–Crippen MR) is 68.2 cm³/mol. The molecule has 7 heteroatoms. The van der Waals surface area contributed by atoms with E-state index in [1.54, 1.807) is 16.4 Å². The molecule has 1 saturated heterocycles. The quantitative estimate of drug-likeness (QED) is 0.913. The highest BCUT2D eigenvalue weighted by Gasteiger charge is 2.34. The van der Waals surface area contributed by atoms with Crippen molar-refractivity contribution in [1.82, 2.24) is 9.62 Å². The second-order valence-corrected chi connectivity index (χ2v) is 8.16. The van der Waals surface area contributed by atoms with Gasteiger partial charge < -0.3 is 5.32 Å². The van der Waals surface area contributed by atoms with Crippen molar-refractivity contribution >= 4 is 37.3 Å². The average Bonchev–Trinajstić information content (AvgIpc) is 2.58. The lowest BCUT2D eigenvalue weighted by molar-refractivity contribution is 0.250. The average molecular weight is 325 g/mol. The molecule has 4 nitrogen and oxygen atoms in total. The van der Waals surface area contributed by atoms with Gasteiger partial charge in [0.15, 0.2) is 0 Å². The number of thiophene rings is 1. The van der Waals surface area contributed by atoms with Gasteiger partial charge in [-0.3, -0.25) is 0 Å². The molecule has 0 radical (unpaired) electrons. The Morgan fingerprint density at radius 2 is 2.25 bits per heavy atom. The van der Waals surface area contributed by atoms with Gasteiger partial charge >= 0.3 is 0 Å². The van der Waals surface area contributed by atoms with Crippen molar-refractivity contribution in [3.63, 3.8) is 0 Å². The molecule has 1 N–H and O–H groups in total. The van der Waals surface area contributed by atoms with Gasteiger partial charge in [-0.15, -0.1) is 11.3 Å². The number of sulfonamides is 1. The molecule has 0 aliphatic carbocycles. The summed E-state index contributed by atoms with van der Waals surface area (Å²) in [6, 6.07) is 3.53. The molecule has 90 valence electrons. The number of halogens is 1. The first kappa shape index (κ1) is 12.5. The van der Waals surface area contributed by atoms with E-state index >= 15 is 0 Å². The number of hydrogen-bond donors (Lipinski definition) is 1. The molecule has 0 saturated carbocycles. The molecular weight excluding hydrogens is 312 g/mol. The summed E-state index contributed by atoms with van der Waals surface area (Å²) in [6.07, 6.45) is 0. The Labute approximate surface area is 108 Å². The third kappa shape index (κ3) is 2.19. The number of likely N-dealkylation sites (N-methyl/N-ethyl adjacent to an activating group) is 1. The SMILES string of the molecule is CCN(C1CNC1)S(=O)(=O)c1ccc(Br)s1. The monoisotopic (exact) mass is 324 g/mol. The Bertz CT molecular complexity index is 468. The minimum atomic E-state index is -3.31. The standard InChI is InChI=1S/C9H13BrN2O2S2/c1-2-12(7-5-11-6-7)16(13,14)9-4-3-8(10)15-9/h3-4,7,11H,2,5-6H2,1H3. The maximum atomic E-state index is 12.3. The third-order valence-electron chi connectivity index (χ3n) is 2.59. The fourth-order valence-corrected chi connectivity index (χ4v) is 5.42. The number of nitrogens with zero attached hydrogens (tertiary/aromatic N) is 1. The van der Waals surface area contributed by atoms with Gasteiger partial charge in [0.25, 0.3) is 10.0 Å². The van der Waals surface area contributed by atoms with Crippen molar-refractivity contribution in [2.75, 3.05) is 19.6 Å². The Hall–Kier alpha value is 0.0500. The van der Waals surface area contributed by atoms with E-state index in [9.17, 15) is 8.42 Å². The van der Waals surface area contributed by atoms with E-state index in [0.29, 0.717) is 10.8 Å². The van der Waals surface area contributed by atoms with Crippen LogP contribution in [0.3, 0.4) is 0 Å². The summed E-state index contributed by atoms with van der Waals surface area (Å²) in [5, 5.41) is 3.09. The molecule has 0 bridgehead atoms. The molecule has 0 unspecified atom stereocenters. The summed E-state index contributed by atoms with van der Waals surface area (Å²) >= 11 is 4.54. The Kier molecular flexibility index (Phi) is 3.70. The smallest absolute Gasteiger partial charge is 0.252 e. The van der Waals surface area contributed by atoms with E-state index in [0.717, 1.165) is 16.9 Å². The highest BCUT2D eigenvalue weighted by atomic mass is 79.9. The summed E-state index contributed by atoms with van der Waals surface area (Å²) in [5.41, 5.74) is 0. The van der Waals surface area contributed by atoms with E-state index in [2.05, 4.69) is 21.2 Å². The number of nitrogens with one attached hydrogen (secondary N) is 1. The maximum Gasteiger partial charge on any atom is 0.252 e. The molecule has 1 fully saturated rings. The van der Waals surface area contributed by atoms with Crippen LogP contribution < -0.4 is 5.32 Å². The van der Waals surface area contributed by atoms with Crippen LogP contribution in [0.5, 0.6) is 0 Å². The fourth-order valence-electron chi connectivity index (χ4n) is 1.65. The lowest BCUT2D eigenvalue weighted by atomic mass is 10.2.